The van der Waals surface area contributed by atoms with Crippen LogP contribution in [-0.2, 0) is 0 Å². The summed E-state index contributed by atoms with van der Waals surface area (Å²) in [5.74, 6) is -0.597. The van der Waals surface area contributed by atoms with Gasteiger partial charge in [0.15, 0.2) is 5.78 Å². The minimum Gasteiger partial charge on any atom is -0.492 e. The van der Waals surface area contributed by atoms with Crippen molar-refractivity contribution < 1.29 is 13.9 Å². The van der Waals surface area contributed by atoms with E-state index in [9.17, 15) is 9.18 Å². The van der Waals surface area contributed by atoms with Gasteiger partial charge in [-0.05, 0) is 24.0 Å². The Morgan fingerprint density at radius 2 is 1.89 bits per heavy atom. The van der Waals surface area contributed by atoms with Crippen molar-refractivity contribution in [1.82, 2.24) is 0 Å². The second kappa shape index (κ2) is 4.48. The van der Waals surface area contributed by atoms with Crippen LogP contribution in [0.3, 0.4) is 0 Å². The second-order valence-electron chi connectivity index (χ2n) is 6.60. The van der Waals surface area contributed by atoms with Crippen molar-refractivity contribution in [2.45, 2.75) is 34.1 Å². The molecule has 0 atom stereocenters. The average Bonchev–Trinajstić information content (AvgIpc) is 2.22. The molecular weight excluding hydrogens is 267 g/mol. The Kier molecular flexibility index (Phi) is 3.38. The molecule has 1 heterocycles. The van der Waals surface area contributed by atoms with E-state index in [1.54, 1.807) is 0 Å². The van der Waals surface area contributed by atoms with Crippen LogP contribution in [0.2, 0.25) is 5.02 Å². The highest BCUT2D eigenvalue weighted by molar-refractivity contribution is 6.31. The Morgan fingerprint density at radius 3 is 2.53 bits per heavy atom. The zero-order chi connectivity index (χ0) is 14.4. The molecule has 1 aliphatic rings. The standard InChI is InChI=1S/C15H18ClFO2/c1-14(2)7-15(3,4)13(18)12-10(17)5-9(16)6-11(12)19-8-14/h5-6H,7-8H2,1-4H3. The zero-order valence-corrected chi connectivity index (χ0v) is 12.4. The summed E-state index contributed by atoms with van der Waals surface area (Å²) >= 11 is 5.83. The molecule has 0 N–H and O–H groups in total. The lowest BCUT2D eigenvalue weighted by molar-refractivity contribution is 0.0628. The van der Waals surface area contributed by atoms with E-state index in [1.165, 1.54) is 6.07 Å². The minimum absolute atomic E-state index is 0.0184. The van der Waals surface area contributed by atoms with Crippen LogP contribution in [0.25, 0.3) is 0 Å². The monoisotopic (exact) mass is 284 g/mol. The molecule has 1 aromatic carbocycles. The Labute approximate surface area is 117 Å². The molecule has 4 heteroatoms. The molecule has 0 radical (unpaired) electrons. The molecule has 0 spiro atoms. The third-order valence-electron chi connectivity index (χ3n) is 3.40. The number of rotatable bonds is 0. The van der Waals surface area contributed by atoms with Crippen LogP contribution in [0.15, 0.2) is 12.1 Å². The highest BCUT2D eigenvalue weighted by Crippen LogP contribution is 2.42. The number of Topliss-reactive ketones (excluding diaryl/α,β-unsaturated/α-hetero) is 1. The van der Waals surface area contributed by atoms with Gasteiger partial charge < -0.3 is 4.74 Å². The van der Waals surface area contributed by atoms with Gasteiger partial charge in [-0.3, -0.25) is 4.79 Å². The number of halogens is 2. The molecule has 0 aliphatic carbocycles. The Morgan fingerprint density at radius 1 is 1.26 bits per heavy atom. The fourth-order valence-electron chi connectivity index (χ4n) is 2.82. The van der Waals surface area contributed by atoms with E-state index in [2.05, 4.69) is 0 Å². The van der Waals surface area contributed by atoms with Crippen LogP contribution >= 0.6 is 11.6 Å². The molecule has 0 fully saturated rings. The lowest BCUT2D eigenvalue weighted by Crippen LogP contribution is -2.37. The molecule has 104 valence electrons. The first kappa shape index (κ1) is 14.3. The molecule has 0 bridgehead atoms. The maximum atomic E-state index is 14.0. The van der Waals surface area contributed by atoms with Gasteiger partial charge in [0, 0.05) is 10.4 Å². The summed E-state index contributed by atoms with van der Waals surface area (Å²) in [4.78, 5) is 12.6. The van der Waals surface area contributed by atoms with Gasteiger partial charge in [-0.2, -0.15) is 0 Å². The highest BCUT2D eigenvalue weighted by atomic mass is 35.5. The first-order valence-electron chi connectivity index (χ1n) is 6.29. The second-order valence-corrected chi connectivity index (χ2v) is 7.04. The van der Waals surface area contributed by atoms with E-state index < -0.39 is 11.2 Å². The SMILES string of the molecule is CC1(C)COc2cc(Cl)cc(F)c2C(=O)C(C)(C)C1. The van der Waals surface area contributed by atoms with Crippen molar-refractivity contribution >= 4 is 17.4 Å². The number of ether oxygens (including phenoxy) is 1. The fourth-order valence-corrected chi connectivity index (χ4v) is 3.02. The molecule has 0 amide bonds. The van der Waals surface area contributed by atoms with Crippen molar-refractivity contribution in [1.29, 1.82) is 0 Å². The number of hydrogen-bond acceptors (Lipinski definition) is 2. The first-order chi connectivity index (χ1) is 8.62. The van der Waals surface area contributed by atoms with Gasteiger partial charge in [0.1, 0.15) is 11.6 Å². The van der Waals surface area contributed by atoms with E-state index in [0.29, 0.717) is 13.0 Å². The van der Waals surface area contributed by atoms with Crippen molar-refractivity contribution in [2.24, 2.45) is 10.8 Å². The topological polar surface area (TPSA) is 26.3 Å². The molecule has 2 nitrogen and oxygen atoms in total. The molecule has 1 aromatic rings. The summed E-state index contributed by atoms with van der Waals surface area (Å²) in [5, 5.41) is 0.236. The van der Waals surface area contributed by atoms with E-state index >= 15 is 0 Å². The van der Waals surface area contributed by atoms with Gasteiger partial charge >= 0.3 is 0 Å². The van der Waals surface area contributed by atoms with E-state index in [0.717, 1.165) is 6.07 Å². The number of carbonyl (C=O) groups excluding carboxylic acids is 1. The molecule has 2 rings (SSSR count). The van der Waals surface area contributed by atoms with Crippen molar-refractivity contribution in [3.8, 4) is 5.75 Å². The predicted molar refractivity (Wildman–Crippen MR) is 73.4 cm³/mol. The highest BCUT2D eigenvalue weighted by Gasteiger charge is 2.40. The summed E-state index contributed by atoms with van der Waals surface area (Å²) in [6.45, 7) is 8.19. The average molecular weight is 285 g/mol. The summed E-state index contributed by atoms with van der Waals surface area (Å²) in [5.41, 5.74) is -0.767. The third kappa shape index (κ3) is 2.76. The lowest BCUT2D eigenvalue weighted by Gasteiger charge is -2.36. The van der Waals surface area contributed by atoms with Crippen molar-refractivity contribution in [3.05, 3.63) is 28.5 Å². The third-order valence-corrected chi connectivity index (χ3v) is 3.62. The maximum Gasteiger partial charge on any atom is 0.175 e. The van der Waals surface area contributed by atoms with Gasteiger partial charge in [-0.15, -0.1) is 0 Å². The number of hydrogen-bond donors (Lipinski definition) is 0. The normalized spacial score (nSPS) is 21.1. The van der Waals surface area contributed by atoms with Crippen LogP contribution in [-0.4, -0.2) is 12.4 Å². The minimum atomic E-state index is -0.628. The van der Waals surface area contributed by atoms with Gasteiger partial charge in [-0.25, -0.2) is 4.39 Å². The number of benzene rings is 1. The number of carbonyl (C=O) groups is 1. The summed E-state index contributed by atoms with van der Waals surface area (Å²) in [6, 6.07) is 2.67. The Balaban J connectivity index is 2.61. The number of ketones is 1. The smallest absolute Gasteiger partial charge is 0.175 e. The largest absolute Gasteiger partial charge is 0.492 e. The summed E-state index contributed by atoms with van der Waals surface area (Å²) in [6.07, 6.45) is 0.639. The Hall–Kier alpha value is -1.09. The molecule has 19 heavy (non-hydrogen) atoms. The molecule has 0 saturated heterocycles. The van der Waals surface area contributed by atoms with E-state index in [-0.39, 0.29) is 27.5 Å². The van der Waals surface area contributed by atoms with Gasteiger partial charge in [0.25, 0.3) is 0 Å². The lowest BCUT2D eigenvalue weighted by atomic mass is 9.71. The van der Waals surface area contributed by atoms with Gasteiger partial charge in [0.05, 0.1) is 12.2 Å². The van der Waals surface area contributed by atoms with Gasteiger partial charge in [-0.1, -0.05) is 39.3 Å². The molecule has 0 unspecified atom stereocenters. The fraction of sp³-hybridized carbons (Fsp3) is 0.533. The predicted octanol–water partition coefficient (Wildman–Crippen LogP) is 4.50. The molecule has 0 aromatic heterocycles. The molecule has 0 saturated carbocycles. The van der Waals surface area contributed by atoms with Crippen molar-refractivity contribution in [3.63, 3.8) is 0 Å². The maximum absolute atomic E-state index is 14.0. The van der Waals surface area contributed by atoms with Crippen LogP contribution in [0.4, 0.5) is 4.39 Å². The van der Waals surface area contributed by atoms with Crippen molar-refractivity contribution in [2.75, 3.05) is 6.61 Å². The molecular formula is C15H18ClFO2. The zero-order valence-electron chi connectivity index (χ0n) is 11.6. The summed E-state index contributed by atoms with van der Waals surface area (Å²) < 4.78 is 19.7. The van der Waals surface area contributed by atoms with Gasteiger partial charge in [0.2, 0.25) is 0 Å². The van der Waals surface area contributed by atoms with Crippen LogP contribution in [0, 0.1) is 16.6 Å². The van der Waals surface area contributed by atoms with E-state index in [1.807, 2.05) is 27.7 Å². The summed E-state index contributed by atoms with van der Waals surface area (Å²) in [7, 11) is 0. The molecule has 1 aliphatic heterocycles. The Bertz CT molecular complexity index is 535. The quantitative estimate of drug-likeness (QED) is 0.701. The number of fused-ring (bicyclic) bond motifs is 1. The van der Waals surface area contributed by atoms with Crippen LogP contribution in [0.5, 0.6) is 5.75 Å². The first-order valence-corrected chi connectivity index (χ1v) is 6.67. The van der Waals surface area contributed by atoms with E-state index in [4.69, 9.17) is 16.3 Å². The van der Waals surface area contributed by atoms with Crippen LogP contribution in [0.1, 0.15) is 44.5 Å². The van der Waals surface area contributed by atoms with Crippen LogP contribution < -0.4 is 4.74 Å².